The van der Waals surface area contributed by atoms with Crippen molar-refractivity contribution < 1.29 is 19.8 Å². The number of phenols is 2. The number of amides is 2. The van der Waals surface area contributed by atoms with Gasteiger partial charge in [0, 0.05) is 18.3 Å². The summed E-state index contributed by atoms with van der Waals surface area (Å²) in [6, 6.07) is 17.5. The predicted molar refractivity (Wildman–Crippen MR) is 127 cm³/mol. The third kappa shape index (κ3) is 4.27. The molecule has 0 saturated heterocycles. The average molecular weight is 446 g/mol. The van der Waals surface area contributed by atoms with Crippen molar-refractivity contribution in [1.29, 1.82) is 0 Å². The lowest BCUT2D eigenvalue weighted by Crippen LogP contribution is -2.32. The number of carbonyl (C=O) groups excluding carboxylic acids is 2. The number of benzene rings is 3. The van der Waals surface area contributed by atoms with E-state index in [2.05, 4.69) is 5.32 Å². The van der Waals surface area contributed by atoms with E-state index in [4.69, 9.17) is 5.73 Å². The first-order chi connectivity index (χ1) is 15.7. The van der Waals surface area contributed by atoms with Crippen LogP contribution in [-0.4, -0.2) is 40.6 Å². The SMILES string of the molecule is Cc1ccc(NC(=O)C2(c3ccc(O)c(O)c3)CC2)cc1-c1ccc(C(=O)N(C)CN)cc1. The minimum Gasteiger partial charge on any atom is -0.504 e. The summed E-state index contributed by atoms with van der Waals surface area (Å²) in [7, 11) is 1.65. The van der Waals surface area contributed by atoms with Gasteiger partial charge in [-0.3, -0.25) is 9.59 Å². The Balaban J connectivity index is 1.56. The van der Waals surface area contributed by atoms with Crippen molar-refractivity contribution in [2.75, 3.05) is 19.0 Å². The van der Waals surface area contributed by atoms with Gasteiger partial charge in [-0.25, -0.2) is 0 Å². The highest BCUT2D eigenvalue weighted by molar-refractivity contribution is 6.02. The summed E-state index contributed by atoms with van der Waals surface area (Å²) in [5.41, 5.74) is 9.67. The molecule has 1 saturated carbocycles. The molecule has 0 aromatic heterocycles. The van der Waals surface area contributed by atoms with Crippen LogP contribution >= 0.6 is 0 Å². The highest BCUT2D eigenvalue weighted by Crippen LogP contribution is 2.50. The van der Waals surface area contributed by atoms with Gasteiger partial charge in [-0.1, -0.05) is 24.3 Å². The van der Waals surface area contributed by atoms with Crippen molar-refractivity contribution in [3.05, 3.63) is 77.4 Å². The molecule has 5 N–H and O–H groups in total. The van der Waals surface area contributed by atoms with Crippen molar-refractivity contribution in [2.24, 2.45) is 5.73 Å². The standard InChI is InChI=1S/C26H27N3O4/c1-16-3-9-20(14-21(16)17-4-6-18(7-5-17)24(32)29(2)15-27)28-25(33)26(11-12-26)19-8-10-22(30)23(31)13-19/h3-10,13-14,30-31H,11-12,15,27H2,1-2H3,(H,28,33). The monoisotopic (exact) mass is 445 g/mol. The third-order valence-electron chi connectivity index (χ3n) is 6.27. The minimum atomic E-state index is -0.701. The molecule has 7 nitrogen and oxygen atoms in total. The first-order valence-corrected chi connectivity index (χ1v) is 10.8. The van der Waals surface area contributed by atoms with Crippen LogP contribution in [-0.2, 0) is 10.2 Å². The van der Waals surface area contributed by atoms with Gasteiger partial charge < -0.3 is 26.2 Å². The zero-order chi connectivity index (χ0) is 23.8. The molecule has 0 atom stereocenters. The zero-order valence-electron chi connectivity index (χ0n) is 18.6. The lowest BCUT2D eigenvalue weighted by molar-refractivity contribution is -0.118. The van der Waals surface area contributed by atoms with E-state index in [0.29, 0.717) is 29.7 Å². The van der Waals surface area contributed by atoms with Gasteiger partial charge in [0.25, 0.3) is 5.91 Å². The number of aryl methyl sites for hydroxylation is 1. The van der Waals surface area contributed by atoms with Crippen LogP contribution in [0.25, 0.3) is 11.1 Å². The molecule has 0 aliphatic heterocycles. The van der Waals surface area contributed by atoms with Crippen LogP contribution < -0.4 is 11.1 Å². The molecule has 0 radical (unpaired) electrons. The molecule has 170 valence electrons. The van der Waals surface area contributed by atoms with E-state index in [1.54, 1.807) is 25.2 Å². The van der Waals surface area contributed by atoms with E-state index < -0.39 is 5.41 Å². The van der Waals surface area contributed by atoms with Gasteiger partial charge in [0.05, 0.1) is 12.1 Å². The maximum atomic E-state index is 13.1. The summed E-state index contributed by atoms with van der Waals surface area (Å²) < 4.78 is 0. The smallest absolute Gasteiger partial charge is 0.254 e. The molecule has 33 heavy (non-hydrogen) atoms. The van der Waals surface area contributed by atoms with Crippen molar-refractivity contribution in [3.8, 4) is 22.6 Å². The molecule has 2 amide bonds. The fourth-order valence-corrected chi connectivity index (χ4v) is 3.95. The van der Waals surface area contributed by atoms with Crippen LogP contribution in [0.3, 0.4) is 0 Å². The lowest BCUT2D eigenvalue weighted by Gasteiger charge is -2.18. The van der Waals surface area contributed by atoms with Crippen LogP contribution in [0.1, 0.15) is 34.3 Å². The Morgan fingerprint density at radius 2 is 1.70 bits per heavy atom. The maximum Gasteiger partial charge on any atom is 0.254 e. The number of hydrogen-bond donors (Lipinski definition) is 4. The second kappa shape index (κ2) is 8.60. The van der Waals surface area contributed by atoms with Crippen LogP contribution in [0.5, 0.6) is 11.5 Å². The van der Waals surface area contributed by atoms with Crippen molar-refractivity contribution in [1.82, 2.24) is 4.90 Å². The Morgan fingerprint density at radius 3 is 2.30 bits per heavy atom. The van der Waals surface area contributed by atoms with Crippen molar-refractivity contribution in [3.63, 3.8) is 0 Å². The summed E-state index contributed by atoms with van der Waals surface area (Å²) >= 11 is 0. The van der Waals surface area contributed by atoms with Gasteiger partial charge in [-0.2, -0.15) is 0 Å². The van der Waals surface area contributed by atoms with Gasteiger partial charge in [-0.15, -0.1) is 0 Å². The Hall–Kier alpha value is -3.84. The number of rotatable bonds is 6. The fraction of sp³-hybridized carbons (Fsp3) is 0.231. The number of aromatic hydroxyl groups is 2. The average Bonchev–Trinajstić information content (AvgIpc) is 3.63. The van der Waals surface area contributed by atoms with Gasteiger partial charge in [0.2, 0.25) is 5.91 Å². The van der Waals surface area contributed by atoms with Crippen molar-refractivity contribution in [2.45, 2.75) is 25.2 Å². The molecule has 4 rings (SSSR count). The zero-order valence-corrected chi connectivity index (χ0v) is 18.6. The van der Waals surface area contributed by atoms with Crippen LogP contribution in [0.15, 0.2) is 60.7 Å². The molecule has 0 unspecified atom stereocenters. The highest BCUT2D eigenvalue weighted by Gasteiger charge is 2.51. The Morgan fingerprint density at radius 1 is 1.00 bits per heavy atom. The van der Waals surface area contributed by atoms with Crippen molar-refractivity contribution >= 4 is 17.5 Å². The summed E-state index contributed by atoms with van der Waals surface area (Å²) in [6.45, 7) is 2.14. The van der Waals surface area contributed by atoms with Crippen LogP contribution in [0, 0.1) is 6.92 Å². The lowest BCUT2D eigenvalue weighted by atomic mass is 9.94. The molecule has 0 heterocycles. The first-order valence-electron chi connectivity index (χ1n) is 10.8. The molecule has 0 spiro atoms. The minimum absolute atomic E-state index is 0.142. The van der Waals surface area contributed by atoms with Gasteiger partial charge in [0.1, 0.15) is 0 Å². The molecular formula is C26H27N3O4. The highest BCUT2D eigenvalue weighted by atomic mass is 16.3. The normalized spacial score (nSPS) is 13.9. The predicted octanol–water partition coefficient (Wildman–Crippen LogP) is 3.73. The van der Waals surface area contributed by atoms with E-state index in [0.717, 1.165) is 16.7 Å². The van der Waals surface area contributed by atoms with E-state index in [1.807, 2.05) is 37.3 Å². The number of hydrogen-bond acceptors (Lipinski definition) is 5. The summed E-state index contributed by atoms with van der Waals surface area (Å²) in [4.78, 5) is 26.9. The topological polar surface area (TPSA) is 116 Å². The molecular weight excluding hydrogens is 418 g/mol. The molecule has 3 aromatic rings. The first kappa shape index (κ1) is 22.4. The molecule has 1 aliphatic carbocycles. The van der Waals surface area contributed by atoms with E-state index in [-0.39, 0.29) is 30.0 Å². The summed E-state index contributed by atoms with van der Waals surface area (Å²) in [6.07, 6.45) is 1.35. The number of nitrogens with one attached hydrogen (secondary N) is 1. The molecule has 1 aliphatic rings. The van der Waals surface area contributed by atoms with Crippen LogP contribution in [0.2, 0.25) is 0 Å². The largest absolute Gasteiger partial charge is 0.504 e. The van der Waals surface area contributed by atoms with E-state index in [1.165, 1.54) is 17.0 Å². The fourth-order valence-electron chi connectivity index (χ4n) is 3.95. The Kier molecular flexibility index (Phi) is 5.82. The second-order valence-corrected chi connectivity index (χ2v) is 8.53. The summed E-state index contributed by atoms with van der Waals surface area (Å²) in [5.74, 6) is -0.728. The second-order valence-electron chi connectivity index (χ2n) is 8.53. The van der Waals surface area contributed by atoms with Gasteiger partial charge in [0.15, 0.2) is 11.5 Å². The Labute approximate surface area is 192 Å². The summed E-state index contributed by atoms with van der Waals surface area (Å²) in [5, 5.41) is 22.4. The number of phenolic OH excluding ortho intramolecular Hbond substituents is 2. The van der Waals surface area contributed by atoms with E-state index >= 15 is 0 Å². The number of carbonyl (C=O) groups is 2. The molecule has 7 heteroatoms. The van der Waals surface area contributed by atoms with E-state index in [9.17, 15) is 19.8 Å². The van der Waals surface area contributed by atoms with Gasteiger partial charge >= 0.3 is 0 Å². The Bertz CT molecular complexity index is 1220. The number of nitrogens with zero attached hydrogens (tertiary/aromatic N) is 1. The molecule has 0 bridgehead atoms. The number of anilines is 1. The number of nitrogens with two attached hydrogens (primary N) is 1. The quantitative estimate of drug-likeness (QED) is 0.341. The van der Waals surface area contributed by atoms with Gasteiger partial charge in [-0.05, 0) is 78.4 Å². The molecule has 1 fully saturated rings. The van der Waals surface area contributed by atoms with Crippen LogP contribution in [0.4, 0.5) is 5.69 Å². The maximum absolute atomic E-state index is 13.1. The third-order valence-corrected chi connectivity index (χ3v) is 6.27. The molecule has 3 aromatic carbocycles.